The molecule has 3 rings (SSSR count). The number of hydrogen-bond donors (Lipinski definition) is 1. The molecule has 2 aromatic carbocycles. The van der Waals surface area contributed by atoms with E-state index in [1.807, 2.05) is 48.5 Å². The minimum absolute atomic E-state index is 0.172. The zero-order valence-electron chi connectivity index (χ0n) is 16.1. The highest BCUT2D eigenvalue weighted by atomic mass is 16.5. The Labute approximate surface area is 164 Å². The Morgan fingerprint density at radius 2 is 1.93 bits per heavy atom. The van der Waals surface area contributed by atoms with E-state index < -0.39 is 0 Å². The number of benzene rings is 2. The van der Waals surface area contributed by atoms with Crippen LogP contribution in [0.15, 0.2) is 59.1 Å². The molecular weight excluding hydrogens is 356 g/mol. The van der Waals surface area contributed by atoms with Crippen LogP contribution in [0.2, 0.25) is 0 Å². The second-order valence-electron chi connectivity index (χ2n) is 6.31. The van der Waals surface area contributed by atoms with Crippen LogP contribution in [0.4, 0.5) is 0 Å². The number of unbranched alkanes of at least 4 members (excludes halogenated alkanes) is 1. The van der Waals surface area contributed by atoms with Gasteiger partial charge in [0.1, 0.15) is 5.69 Å². The maximum Gasteiger partial charge on any atom is 0.290 e. The first-order valence-electron chi connectivity index (χ1n) is 9.31. The predicted molar refractivity (Wildman–Crippen MR) is 107 cm³/mol. The van der Waals surface area contributed by atoms with E-state index in [1.165, 1.54) is 0 Å². The number of nitrogens with one attached hydrogen (secondary N) is 1. The Kier molecular flexibility index (Phi) is 6.68. The summed E-state index contributed by atoms with van der Waals surface area (Å²) in [6.45, 7) is 3.10. The van der Waals surface area contributed by atoms with Crippen LogP contribution in [0.3, 0.4) is 0 Å². The summed E-state index contributed by atoms with van der Waals surface area (Å²) in [5.74, 6) is 1.20. The van der Waals surface area contributed by atoms with Gasteiger partial charge in [-0.25, -0.2) is 0 Å². The van der Waals surface area contributed by atoms with Gasteiger partial charge in [-0.15, -0.1) is 0 Å². The third-order valence-electron chi connectivity index (χ3n) is 4.24. The van der Waals surface area contributed by atoms with Gasteiger partial charge in [0.25, 0.3) is 5.91 Å². The second kappa shape index (κ2) is 9.60. The molecule has 1 amide bonds. The van der Waals surface area contributed by atoms with Crippen molar-refractivity contribution in [3.05, 3.63) is 65.9 Å². The summed E-state index contributed by atoms with van der Waals surface area (Å²) in [5.41, 5.74) is 2.42. The monoisotopic (exact) mass is 380 g/mol. The van der Waals surface area contributed by atoms with Crippen molar-refractivity contribution in [2.45, 2.75) is 26.3 Å². The highest BCUT2D eigenvalue weighted by Crippen LogP contribution is 2.28. The molecule has 0 bridgehead atoms. The van der Waals surface area contributed by atoms with Crippen molar-refractivity contribution in [2.75, 3.05) is 13.7 Å². The SMILES string of the molecule is CCCCOc1ccc(CNC(=O)c2cc(-c3ccccc3)no2)cc1OC. The van der Waals surface area contributed by atoms with Gasteiger partial charge in [-0.05, 0) is 24.1 Å². The Morgan fingerprint density at radius 3 is 2.68 bits per heavy atom. The summed E-state index contributed by atoms with van der Waals surface area (Å²) in [4.78, 5) is 12.4. The zero-order valence-corrected chi connectivity index (χ0v) is 16.1. The van der Waals surface area contributed by atoms with Crippen molar-refractivity contribution in [1.82, 2.24) is 10.5 Å². The van der Waals surface area contributed by atoms with Gasteiger partial charge in [0.05, 0.1) is 13.7 Å². The first kappa shape index (κ1) is 19.5. The number of ether oxygens (including phenoxy) is 2. The molecule has 0 saturated carbocycles. The molecule has 0 fully saturated rings. The number of methoxy groups -OCH3 is 1. The Hall–Kier alpha value is -3.28. The molecule has 3 aromatic rings. The lowest BCUT2D eigenvalue weighted by atomic mass is 10.1. The minimum atomic E-state index is -0.322. The van der Waals surface area contributed by atoms with Gasteiger partial charge < -0.3 is 19.3 Å². The van der Waals surface area contributed by atoms with Crippen LogP contribution in [0.5, 0.6) is 11.5 Å². The summed E-state index contributed by atoms with van der Waals surface area (Å²) in [6.07, 6.45) is 2.06. The Balaban J connectivity index is 1.60. The number of carbonyl (C=O) groups is 1. The van der Waals surface area contributed by atoms with Crippen LogP contribution >= 0.6 is 0 Å². The number of amides is 1. The maximum absolute atomic E-state index is 12.4. The molecule has 0 aliphatic carbocycles. The molecule has 0 aliphatic rings. The average Bonchev–Trinajstić information content (AvgIpc) is 3.24. The summed E-state index contributed by atoms with van der Waals surface area (Å²) in [6, 6.07) is 16.8. The van der Waals surface area contributed by atoms with Crippen molar-refractivity contribution in [1.29, 1.82) is 0 Å². The van der Waals surface area contributed by atoms with Crippen LogP contribution in [0.25, 0.3) is 11.3 Å². The van der Waals surface area contributed by atoms with Crippen molar-refractivity contribution in [3.63, 3.8) is 0 Å². The van der Waals surface area contributed by atoms with Crippen molar-refractivity contribution in [2.24, 2.45) is 0 Å². The van der Waals surface area contributed by atoms with E-state index in [1.54, 1.807) is 13.2 Å². The topological polar surface area (TPSA) is 73.6 Å². The quantitative estimate of drug-likeness (QED) is 0.555. The van der Waals surface area contributed by atoms with E-state index in [0.717, 1.165) is 24.0 Å². The van der Waals surface area contributed by atoms with E-state index in [4.69, 9.17) is 14.0 Å². The third kappa shape index (κ3) is 4.91. The largest absolute Gasteiger partial charge is 0.493 e. The van der Waals surface area contributed by atoms with E-state index >= 15 is 0 Å². The molecule has 6 heteroatoms. The van der Waals surface area contributed by atoms with Gasteiger partial charge >= 0.3 is 0 Å². The van der Waals surface area contributed by atoms with Crippen LogP contribution in [-0.4, -0.2) is 24.8 Å². The van der Waals surface area contributed by atoms with Crippen LogP contribution in [0.1, 0.15) is 35.9 Å². The maximum atomic E-state index is 12.4. The molecular formula is C22H24N2O4. The van der Waals surface area contributed by atoms with Crippen LogP contribution in [-0.2, 0) is 6.54 Å². The highest BCUT2D eigenvalue weighted by Gasteiger charge is 2.14. The van der Waals surface area contributed by atoms with Gasteiger partial charge in [-0.1, -0.05) is 54.9 Å². The summed E-state index contributed by atoms with van der Waals surface area (Å²) >= 11 is 0. The van der Waals surface area contributed by atoms with Gasteiger partial charge in [0, 0.05) is 18.2 Å². The fourth-order valence-corrected chi connectivity index (χ4v) is 2.66. The minimum Gasteiger partial charge on any atom is -0.493 e. The Morgan fingerprint density at radius 1 is 1.11 bits per heavy atom. The lowest BCUT2D eigenvalue weighted by Crippen LogP contribution is -2.22. The van der Waals surface area contributed by atoms with E-state index in [9.17, 15) is 4.79 Å². The highest BCUT2D eigenvalue weighted by molar-refractivity contribution is 5.92. The molecule has 0 radical (unpaired) electrons. The number of rotatable bonds is 9. The van der Waals surface area contributed by atoms with Crippen molar-refractivity contribution < 1.29 is 18.8 Å². The first-order chi connectivity index (χ1) is 13.7. The zero-order chi connectivity index (χ0) is 19.8. The molecule has 0 aliphatic heterocycles. The van der Waals surface area contributed by atoms with E-state index in [2.05, 4.69) is 17.4 Å². The van der Waals surface area contributed by atoms with Gasteiger partial charge in [-0.2, -0.15) is 0 Å². The molecule has 0 unspecified atom stereocenters. The molecule has 6 nitrogen and oxygen atoms in total. The normalized spacial score (nSPS) is 10.5. The molecule has 0 atom stereocenters. The third-order valence-corrected chi connectivity index (χ3v) is 4.24. The first-order valence-corrected chi connectivity index (χ1v) is 9.31. The predicted octanol–water partition coefficient (Wildman–Crippen LogP) is 4.46. The summed E-state index contributed by atoms with van der Waals surface area (Å²) in [7, 11) is 1.60. The smallest absolute Gasteiger partial charge is 0.290 e. The van der Waals surface area contributed by atoms with Gasteiger partial charge in [0.2, 0.25) is 5.76 Å². The lowest BCUT2D eigenvalue weighted by molar-refractivity contribution is 0.0914. The molecule has 0 saturated heterocycles. The summed E-state index contributed by atoms with van der Waals surface area (Å²) < 4.78 is 16.3. The molecule has 146 valence electrons. The van der Waals surface area contributed by atoms with Gasteiger partial charge in [-0.3, -0.25) is 4.79 Å². The van der Waals surface area contributed by atoms with Crippen LogP contribution in [0, 0.1) is 0 Å². The second-order valence-corrected chi connectivity index (χ2v) is 6.31. The lowest BCUT2D eigenvalue weighted by Gasteiger charge is -2.12. The summed E-state index contributed by atoms with van der Waals surface area (Å²) in [5, 5.41) is 6.80. The number of aromatic nitrogens is 1. The van der Waals surface area contributed by atoms with Crippen molar-refractivity contribution >= 4 is 5.91 Å². The Bertz CT molecular complexity index is 906. The molecule has 1 N–H and O–H groups in total. The molecule has 28 heavy (non-hydrogen) atoms. The number of nitrogens with zero attached hydrogens (tertiary/aromatic N) is 1. The number of carbonyl (C=O) groups excluding carboxylic acids is 1. The average molecular weight is 380 g/mol. The fourth-order valence-electron chi connectivity index (χ4n) is 2.66. The van der Waals surface area contributed by atoms with E-state index in [-0.39, 0.29) is 11.7 Å². The standard InChI is InChI=1S/C22H24N2O4/c1-3-4-12-27-19-11-10-16(13-20(19)26-2)15-23-22(25)21-14-18(24-28-21)17-8-6-5-7-9-17/h5-11,13-14H,3-4,12,15H2,1-2H3,(H,23,25). The number of hydrogen-bond acceptors (Lipinski definition) is 5. The molecule has 0 spiro atoms. The molecule has 1 aromatic heterocycles. The fraction of sp³-hybridized carbons (Fsp3) is 0.273. The van der Waals surface area contributed by atoms with Crippen molar-refractivity contribution in [3.8, 4) is 22.8 Å². The van der Waals surface area contributed by atoms with Gasteiger partial charge in [0.15, 0.2) is 11.5 Å². The van der Waals surface area contributed by atoms with Crippen LogP contribution < -0.4 is 14.8 Å². The van der Waals surface area contributed by atoms with E-state index in [0.29, 0.717) is 30.3 Å². The molecule has 1 heterocycles.